The maximum Gasteiger partial charge on any atom is 0.159 e. The van der Waals surface area contributed by atoms with Gasteiger partial charge in [0.15, 0.2) is 11.6 Å². The Bertz CT molecular complexity index is 439. The maximum atomic E-state index is 13.3. The lowest BCUT2D eigenvalue weighted by atomic mass is 10.0. The van der Waals surface area contributed by atoms with Crippen molar-refractivity contribution in [2.75, 3.05) is 33.2 Å². The summed E-state index contributed by atoms with van der Waals surface area (Å²) < 4.78 is 26.3. The van der Waals surface area contributed by atoms with E-state index in [0.717, 1.165) is 25.2 Å². The van der Waals surface area contributed by atoms with Crippen LogP contribution >= 0.6 is 0 Å². The summed E-state index contributed by atoms with van der Waals surface area (Å²) in [6.45, 7) is 5.34. The Morgan fingerprint density at radius 3 is 2.68 bits per heavy atom. The van der Waals surface area contributed by atoms with E-state index in [1.165, 1.54) is 12.1 Å². The molecular weight excluding hydrogens is 248 g/mol. The summed E-state index contributed by atoms with van der Waals surface area (Å²) in [5, 5.41) is 0. The van der Waals surface area contributed by atoms with Crippen molar-refractivity contribution in [2.24, 2.45) is 5.73 Å². The molecule has 1 aliphatic rings. The van der Waals surface area contributed by atoms with Crippen LogP contribution in [0.15, 0.2) is 18.2 Å². The smallest absolute Gasteiger partial charge is 0.159 e. The summed E-state index contributed by atoms with van der Waals surface area (Å²) >= 11 is 0. The summed E-state index contributed by atoms with van der Waals surface area (Å²) in [4.78, 5) is 4.51. The van der Waals surface area contributed by atoms with E-state index in [-0.39, 0.29) is 12.1 Å². The Hall–Kier alpha value is -1.04. The van der Waals surface area contributed by atoms with Crippen molar-refractivity contribution in [3.63, 3.8) is 0 Å². The minimum atomic E-state index is -0.801. The molecule has 1 saturated heterocycles. The number of likely N-dealkylation sites (N-methyl/N-ethyl adjacent to an activating group) is 1. The lowest BCUT2D eigenvalue weighted by molar-refractivity contribution is 0.0619. The van der Waals surface area contributed by atoms with Gasteiger partial charge in [-0.1, -0.05) is 6.07 Å². The second kappa shape index (κ2) is 5.94. The molecule has 2 N–H and O–H groups in total. The van der Waals surface area contributed by atoms with Crippen molar-refractivity contribution in [2.45, 2.75) is 19.0 Å². The molecule has 0 spiro atoms. The minimum Gasteiger partial charge on any atom is -0.329 e. The number of nitrogens with two attached hydrogens (primary N) is 1. The molecule has 3 nitrogen and oxygen atoms in total. The van der Waals surface area contributed by atoms with Crippen LogP contribution in [0.4, 0.5) is 8.78 Å². The zero-order valence-electron chi connectivity index (χ0n) is 11.4. The van der Waals surface area contributed by atoms with Crippen LogP contribution in [0, 0.1) is 11.6 Å². The molecule has 0 amide bonds. The van der Waals surface area contributed by atoms with Crippen molar-refractivity contribution in [1.82, 2.24) is 9.80 Å². The fourth-order valence-corrected chi connectivity index (χ4v) is 2.71. The monoisotopic (exact) mass is 269 g/mol. The van der Waals surface area contributed by atoms with Crippen LogP contribution < -0.4 is 5.73 Å². The quantitative estimate of drug-likeness (QED) is 0.904. The molecule has 1 aliphatic heterocycles. The Kier molecular flexibility index (Phi) is 4.50. The van der Waals surface area contributed by atoms with E-state index < -0.39 is 11.6 Å². The van der Waals surface area contributed by atoms with Gasteiger partial charge >= 0.3 is 0 Å². The van der Waals surface area contributed by atoms with Gasteiger partial charge in [0.05, 0.1) is 0 Å². The van der Waals surface area contributed by atoms with Crippen molar-refractivity contribution < 1.29 is 8.78 Å². The highest BCUT2D eigenvalue weighted by molar-refractivity contribution is 5.21. The standard InChI is InChI=1S/C14H21F2N3/c1-10(11-3-4-13(15)14(16)7-11)19-6-5-18(2)9-12(19)8-17/h3-4,7,10,12H,5-6,8-9,17H2,1-2H3. The first-order chi connectivity index (χ1) is 9.02. The van der Waals surface area contributed by atoms with Gasteiger partial charge in [0.1, 0.15) is 0 Å². The summed E-state index contributed by atoms with van der Waals surface area (Å²) in [7, 11) is 2.07. The van der Waals surface area contributed by atoms with Crippen LogP contribution in [0.25, 0.3) is 0 Å². The lowest BCUT2D eigenvalue weighted by Crippen LogP contribution is -2.55. The zero-order valence-corrected chi connectivity index (χ0v) is 11.4. The van der Waals surface area contributed by atoms with Gasteiger partial charge in [-0.3, -0.25) is 4.90 Å². The summed E-state index contributed by atoms with van der Waals surface area (Å²) in [5.41, 5.74) is 6.62. The fourth-order valence-electron chi connectivity index (χ4n) is 2.71. The molecule has 0 radical (unpaired) electrons. The van der Waals surface area contributed by atoms with E-state index in [1.807, 2.05) is 6.92 Å². The van der Waals surface area contributed by atoms with E-state index in [2.05, 4.69) is 16.8 Å². The third kappa shape index (κ3) is 3.11. The van der Waals surface area contributed by atoms with E-state index in [0.29, 0.717) is 6.54 Å². The van der Waals surface area contributed by atoms with E-state index in [1.54, 1.807) is 6.07 Å². The summed E-state index contributed by atoms with van der Waals surface area (Å²) in [6, 6.07) is 4.41. The molecule has 5 heteroatoms. The van der Waals surface area contributed by atoms with E-state index in [4.69, 9.17) is 5.73 Å². The average Bonchev–Trinajstić information content (AvgIpc) is 2.41. The van der Waals surface area contributed by atoms with Crippen molar-refractivity contribution >= 4 is 0 Å². The van der Waals surface area contributed by atoms with Crippen LogP contribution in [0.1, 0.15) is 18.5 Å². The molecule has 19 heavy (non-hydrogen) atoms. The highest BCUT2D eigenvalue weighted by Crippen LogP contribution is 2.25. The maximum absolute atomic E-state index is 13.3. The van der Waals surface area contributed by atoms with Crippen LogP contribution in [0.3, 0.4) is 0 Å². The van der Waals surface area contributed by atoms with Gasteiger partial charge in [0, 0.05) is 38.3 Å². The van der Waals surface area contributed by atoms with E-state index >= 15 is 0 Å². The number of hydrogen-bond donors (Lipinski definition) is 1. The first kappa shape index (κ1) is 14.4. The Balaban J connectivity index is 2.17. The number of piperazine rings is 1. The molecule has 1 heterocycles. The van der Waals surface area contributed by atoms with Gasteiger partial charge in [-0.25, -0.2) is 8.78 Å². The molecule has 0 bridgehead atoms. The highest BCUT2D eigenvalue weighted by atomic mass is 19.2. The third-order valence-corrected chi connectivity index (χ3v) is 3.93. The van der Waals surface area contributed by atoms with Crippen LogP contribution in [-0.4, -0.2) is 49.1 Å². The third-order valence-electron chi connectivity index (χ3n) is 3.93. The molecule has 1 aromatic carbocycles. The second-order valence-corrected chi connectivity index (χ2v) is 5.24. The Morgan fingerprint density at radius 2 is 2.05 bits per heavy atom. The second-order valence-electron chi connectivity index (χ2n) is 5.24. The van der Waals surface area contributed by atoms with Gasteiger partial charge < -0.3 is 10.6 Å². The highest BCUT2D eigenvalue weighted by Gasteiger charge is 2.28. The fraction of sp³-hybridized carbons (Fsp3) is 0.571. The number of nitrogens with zero attached hydrogens (tertiary/aromatic N) is 2. The first-order valence-electron chi connectivity index (χ1n) is 6.62. The van der Waals surface area contributed by atoms with Gasteiger partial charge in [0.25, 0.3) is 0 Å². The molecule has 2 unspecified atom stereocenters. The van der Waals surface area contributed by atoms with Crippen LogP contribution in [0.2, 0.25) is 0 Å². The number of halogens is 2. The van der Waals surface area contributed by atoms with Crippen molar-refractivity contribution in [1.29, 1.82) is 0 Å². The summed E-state index contributed by atoms with van der Waals surface area (Å²) in [5.74, 6) is -1.59. The van der Waals surface area contributed by atoms with Gasteiger partial charge in [0.2, 0.25) is 0 Å². The molecule has 1 fully saturated rings. The number of rotatable bonds is 3. The normalized spacial score (nSPS) is 23.5. The van der Waals surface area contributed by atoms with Gasteiger partial charge in [-0.05, 0) is 31.7 Å². The van der Waals surface area contributed by atoms with Crippen molar-refractivity contribution in [3.05, 3.63) is 35.4 Å². The van der Waals surface area contributed by atoms with Crippen LogP contribution in [0.5, 0.6) is 0 Å². The zero-order chi connectivity index (χ0) is 14.0. The molecule has 2 rings (SSSR count). The molecule has 2 atom stereocenters. The van der Waals surface area contributed by atoms with Gasteiger partial charge in [-0.15, -0.1) is 0 Å². The molecule has 106 valence electrons. The molecule has 1 aromatic rings. The summed E-state index contributed by atoms with van der Waals surface area (Å²) in [6.07, 6.45) is 0. The molecule has 0 aromatic heterocycles. The predicted octanol–water partition coefficient (Wildman–Crippen LogP) is 1.60. The topological polar surface area (TPSA) is 32.5 Å². The predicted molar refractivity (Wildman–Crippen MR) is 71.8 cm³/mol. The van der Waals surface area contributed by atoms with Crippen molar-refractivity contribution in [3.8, 4) is 0 Å². The Labute approximate surface area is 113 Å². The van der Waals surface area contributed by atoms with Crippen LogP contribution in [-0.2, 0) is 0 Å². The van der Waals surface area contributed by atoms with E-state index in [9.17, 15) is 8.78 Å². The van der Waals surface area contributed by atoms with Gasteiger partial charge in [-0.2, -0.15) is 0 Å². The number of hydrogen-bond acceptors (Lipinski definition) is 3. The number of benzene rings is 1. The first-order valence-corrected chi connectivity index (χ1v) is 6.62. The lowest BCUT2D eigenvalue weighted by Gasteiger charge is -2.43. The molecule has 0 saturated carbocycles. The Morgan fingerprint density at radius 1 is 1.32 bits per heavy atom. The SMILES string of the molecule is CC(c1ccc(F)c(F)c1)N1CCN(C)CC1CN. The molecular formula is C14H21F2N3. The molecule has 0 aliphatic carbocycles. The minimum absolute atomic E-state index is 0.0392. The largest absolute Gasteiger partial charge is 0.329 e. The average molecular weight is 269 g/mol.